The predicted octanol–water partition coefficient (Wildman–Crippen LogP) is -0.484. The van der Waals surface area contributed by atoms with Crippen LogP contribution in [0.25, 0.3) is 0 Å². The van der Waals surface area contributed by atoms with Crippen molar-refractivity contribution >= 4 is 5.91 Å². The summed E-state index contributed by atoms with van der Waals surface area (Å²) in [7, 11) is 3.34. The van der Waals surface area contributed by atoms with Crippen molar-refractivity contribution in [3.05, 3.63) is 0 Å². The topological polar surface area (TPSA) is 59.6 Å². The van der Waals surface area contributed by atoms with E-state index in [0.717, 1.165) is 12.8 Å². The molecule has 2 N–H and O–H groups in total. The largest absolute Gasteiger partial charge is 0.383 e. The molecule has 1 amide bonds. The number of carbonyl (C=O) groups excluding carboxylic acids is 1. The minimum absolute atomic E-state index is 0.0469. The second kappa shape index (κ2) is 6.76. The predicted molar refractivity (Wildman–Crippen MR) is 56.7 cm³/mol. The van der Waals surface area contributed by atoms with Gasteiger partial charge in [-0.25, -0.2) is 0 Å². The number of hydrogen-bond donors (Lipinski definition) is 2. The van der Waals surface area contributed by atoms with Crippen LogP contribution in [-0.2, 0) is 14.3 Å². The summed E-state index contributed by atoms with van der Waals surface area (Å²) in [5, 5.41) is 5.93. The maximum absolute atomic E-state index is 11.3. The van der Waals surface area contributed by atoms with Gasteiger partial charge in [0.1, 0.15) is 0 Å². The average Bonchev–Trinajstić information content (AvgIpc) is 2.17. The molecule has 0 aromatic heterocycles. The van der Waals surface area contributed by atoms with Gasteiger partial charge in [0.05, 0.1) is 19.3 Å². The quantitative estimate of drug-likeness (QED) is 0.564. The Balaban J connectivity index is 1.95. The number of ether oxygens (including phenoxy) is 2. The van der Waals surface area contributed by atoms with Crippen molar-refractivity contribution in [2.24, 2.45) is 0 Å². The number of rotatable bonds is 7. The second-order valence-corrected chi connectivity index (χ2v) is 3.76. The van der Waals surface area contributed by atoms with Gasteiger partial charge in [0.25, 0.3) is 0 Å². The summed E-state index contributed by atoms with van der Waals surface area (Å²) in [4.78, 5) is 11.3. The molecular weight excluding hydrogens is 196 g/mol. The van der Waals surface area contributed by atoms with Gasteiger partial charge in [-0.05, 0) is 12.8 Å². The Kier molecular flexibility index (Phi) is 5.60. The molecule has 0 aliphatic heterocycles. The Morgan fingerprint density at radius 3 is 2.73 bits per heavy atom. The van der Waals surface area contributed by atoms with Gasteiger partial charge >= 0.3 is 0 Å². The Hall–Kier alpha value is -0.650. The van der Waals surface area contributed by atoms with E-state index >= 15 is 0 Å². The summed E-state index contributed by atoms with van der Waals surface area (Å²) in [6.07, 6.45) is 2.19. The lowest BCUT2D eigenvalue weighted by Gasteiger charge is -2.34. The minimum Gasteiger partial charge on any atom is -0.383 e. The Bertz CT molecular complexity index is 193. The molecule has 0 heterocycles. The molecule has 0 atom stereocenters. The van der Waals surface area contributed by atoms with Gasteiger partial charge in [-0.15, -0.1) is 0 Å². The van der Waals surface area contributed by atoms with Crippen LogP contribution >= 0.6 is 0 Å². The highest BCUT2D eigenvalue weighted by molar-refractivity contribution is 5.78. The molecule has 0 radical (unpaired) electrons. The van der Waals surface area contributed by atoms with E-state index < -0.39 is 0 Å². The zero-order valence-electron chi connectivity index (χ0n) is 9.41. The van der Waals surface area contributed by atoms with E-state index in [1.54, 1.807) is 14.2 Å². The fourth-order valence-corrected chi connectivity index (χ4v) is 1.53. The molecule has 0 aromatic rings. The van der Waals surface area contributed by atoms with Gasteiger partial charge < -0.3 is 20.1 Å². The van der Waals surface area contributed by atoms with Crippen LogP contribution in [0.1, 0.15) is 12.8 Å². The molecule has 1 rings (SSSR count). The van der Waals surface area contributed by atoms with Gasteiger partial charge in [-0.3, -0.25) is 4.79 Å². The molecule has 1 aliphatic carbocycles. The molecule has 88 valence electrons. The Morgan fingerprint density at radius 1 is 1.40 bits per heavy atom. The van der Waals surface area contributed by atoms with Gasteiger partial charge in [0.2, 0.25) is 5.91 Å². The van der Waals surface area contributed by atoms with E-state index in [0.29, 0.717) is 31.8 Å². The van der Waals surface area contributed by atoms with Crippen LogP contribution < -0.4 is 10.6 Å². The molecule has 1 saturated carbocycles. The van der Waals surface area contributed by atoms with E-state index in [4.69, 9.17) is 9.47 Å². The molecule has 0 aromatic carbocycles. The maximum Gasteiger partial charge on any atom is 0.234 e. The molecule has 0 spiro atoms. The molecule has 5 heteroatoms. The summed E-state index contributed by atoms with van der Waals surface area (Å²) in [5.74, 6) is 0.0469. The van der Waals surface area contributed by atoms with E-state index in [2.05, 4.69) is 10.6 Å². The number of carbonyl (C=O) groups is 1. The van der Waals surface area contributed by atoms with Crippen molar-refractivity contribution in [2.75, 3.05) is 33.9 Å². The highest BCUT2D eigenvalue weighted by Crippen LogP contribution is 2.22. The first-order valence-corrected chi connectivity index (χ1v) is 5.28. The molecule has 0 unspecified atom stereocenters. The zero-order chi connectivity index (χ0) is 11.1. The molecular formula is C10H20N2O3. The van der Waals surface area contributed by atoms with Crippen LogP contribution in [0.5, 0.6) is 0 Å². The highest BCUT2D eigenvalue weighted by atomic mass is 16.5. The second-order valence-electron chi connectivity index (χ2n) is 3.76. The summed E-state index contributed by atoms with van der Waals surface area (Å²) in [6, 6.07) is 0.298. The van der Waals surface area contributed by atoms with Crippen molar-refractivity contribution in [2.45, 2.75) is 25.0 Å². The van der Waals surface area contributed by atoms with Crippen LogP contribution in [0, 0.1) is 0 Å². The first kappa shape index (κ1) is 12.4. The summed E-state index contributed by atoms with van der Waals surface area (Å²) in [5.41, 5.74) is 0. The third kappa shape index (κ3) is 4.59. The molecule has 0 bridgehead atoms. The fraction of sp³-hybridized carbons (Fsp3) is 0.900. The number of amides is 1. The Morgan fingerprint density at radius 2 is 2.13 bits per heavy atom. The van der Waals surface area contributed by atoms with Crippen LogP contribution in [0.15, 0.2) is 0 Å². The number of methoxy groups -OCH3 is 2. The van der Waals surface area contributed by atoms with E-state index in [1.807, 2.05) is 0 Å². The molecule has 1 aliphatic rings. The first-order chi connectivity index (χ1) is 7.26. The van der Waals surface area contributed by atoms with Crippen LogP contribution in [0.4, 0.5) is 0 Å². The standard InChI is InChI=1S/C10H20N2O3/c1-14-4-3-11-7-10(13)12-8-5-9(6-8)15-2/h8-9,11H,3-7H2,1-2H3,(H,12,13). The van der Waals surface area contributed by atoms with Gasteiger partial charge in [-0.2, -0.15) is 0 Å². The third-order valence-corrected chi connectivity index (χ3v) is 2.56. The lowest BCUT2D eigenvalue weighted by Crippen LogP contribution is -2.49. The Labute approximate surface area is 90.5 Å². The third-order valence-electron chi connectivity index (χ3n) is 2.56. The van der Waals surface area contributed by atoms with Gasteiger partial charge in [0, 0.05) is 26.8 Å². The monoisotopic (exact) mass is 216 g/mol. The van der Waals surface area contributed by atoms with E-state index in [9.17, 15) is 4.79 Å². The number of nitrogens with one attached hydrogen (secondary N) is 2. The molecule has 15 heavy (non-hydrogen) atoms. The van der Waals surface area contributed by atoms with Gasteiger partial charge in [-0.1, -0.05) is 0 Å². The van der Waals surface area contributed by atoms with Crippen LogP contribution in [-0.4, -0.2) is 52.0 Å². The van der Waals surface area contributed by atoms with Gasteiger partial charge in [0.15, 0.2) is 0 Å². The summed E-state index contributed by atoms with van der Waals surface area (Å²) < 4.78 is 9.98. The zero-order valence-corrected chi connectivity index (χ0v) is 9.41. The van der Waals surface area contributed by atoms with Crippen molar-refractivity contribution in [1.29, 1.82) is 0 Å². The maximum atomic E-state index is 11.3. The fourth-order valence-electron chi connectivity index (χ4n) is 1.53. The lowest BCUT2D eigenvalue weighted by molar-refractivity contribution is -0.122. The molecule has 0 saturated heterocycles. The van der Waals surface area contributed by atoms with Crippen LogP contribution in [0.3, 0.4) is 0 Å². The van der Waals surface area contributed by atoms with E-state index in [-0.39, 0.29) is 5.91 Å². The first-order valence-electron chi connectivity index (χ1n) is 5.28. The summed E-state index contributed by atoms with van der Waals surface area (Å²) in [6.45, 7) is 1.69. The minimum atomic E-state index is 0.0469. The van der Waals surface area contributed by atoms with Crippen molar-refractivity contribution in [1.82, 2.24) is 10.6 Å². The van der Waals surface area contributed by atoms with Crippen molar-refractivity contribution in [3.8, 4) is 0 Å². The molecule has 1 fully saturated rings. The van der Waals surface area contributed by atoms with Crippen molar-refractivity contribution in [3.63, 3.8) is 0 Å². The normalized spacial score (nSPS) is 24.7. The molecule has 5 nitrogen and oxygen atoms in total. The lowest BCUT2D eigenvalue weighted by atomic mass is 9.89. The summed E-state index contributed by atoms with van der Waals surface area (Å²) >= 11 is 0. The highest BCUT2D eigenvalue weighted by Gasteiger charge is 2.29. The smallest absolute Gasteiger partial charge is 0.234 e. The van der Waals surface area contributed by atoms with Crippen molar-refractivity contribution < 1.29 is 14.3 Å². The SMILES string of the molecule is COCCNCC(=O)NC1CC(OC)C1. The van der Waals surface area contributed by atoms with E-state index in [1.165, 1.54) is 0 Å². The van der Waals surface area contributed by atoms with Crippen LogP contribution in [0.2, 0.25) is 0 Å². The number of hydrogen-bond acceptors (Lipinski definition) is 4. The average molecular weight is 216 g/mol.